The molecule has 1 aromatic heterocycles. The van der Waals surface area contributed by atoms with Crippen molar-refractivity contribution in [1.29, 1.82) is 0 Å². The molecule has 1 atom stereocenters. The van der Waals surface area contributed by atoms with Gasteiger partial charge in [-0.1, -0.05) is 24.8 Å². The molecule has 0 saturated carbocycles. The van der Waals surface area contributed by atoms with Crippen LogP contribution in [-0.2, 0) is 11.2 Å². The summed E-state index contributed by atoms with van der Waals surface area (Å²) in [6.07, 6.45) is 0.773. The van der Waals surface area contributed by atoms with E-state index in [4.69, 9.17) is 0 Å². The van der Waals surface area contributed by atoms with Crippen LogP contribution < -0.4 is 10.9 Å². The first kappa shape index (κ1) is 16.7. The van der Waals surface area contributed by atoms with Gasteiger partial charge in [-0.25, -0.2) is 9.37 Å². The van der Waals surface area contributed by atoms with Crippen LogP contribution in [0.4, 0.5) is 10.1 Å². The highest BCUT2D eigenvalue weighted by atomic mass is 32.2. The van der Waals surface area contributed by atoms with E-state index in [2.05, 4.69) is 10.3 Å². The summed E-state index contributed by atoms with van der Waals surface area (Å²) in [6.45, 7) is 3.76. The smallest absolute Gasteiger partial charge is 0.257 e. The first-order valence-corrected chi connectivity index (χ1v) is 8.78. The summed E-state index contributed by atoms with van der Waals surface area (Å²) >= 11 is 1.49. The molecule has 2 aromatic rings. The highest BCUT2D eigenvalue weighted by Gasteiger charge is 2.29. The molecule has 1 N–H and O–H groups in total. The fourth-order valence-electron chi connectivity index (χ4n) is 2.87. The summed E-state index contributed by atoms with van der Waals surface area (Å²) in [5.41, 5.74) is 1.80. The highest BCUT2D eigenvalue weighted by molar-refractivity contribution is 7.99. The Kier molecular flexibility index (Phi) is 4.71. The largest absolute Gasteiger partial charge is 0.326 e. The molecule has 7 heteroatoms. The van der Waals surface area contributed by atoms with Gasteiger partial charge in [-0.15, -0.1) is 0 Å². The van der Waals surface area contributed by atoms with E-state index in [0.717, 1.165) is 5.69 Å². The Bertz CT molecular complexity index is 850. The molecule has 0 radical (unpaired) electrons. The maximum Gasteiger partial charge on any atom is 0.257 e. The van der Waals surface area contributed by atoms with Gasteiger partial charge in [-0.2, -0.15) is 0 Å². The third-order valence-corrected chi connectivity index (χ3v) is 5.13. The maximum absolute atomic E-state index is 13.2. The van der Waals surface area contributed by atoms with E-state index in [0.29, 0.717) is 28.6 Å². The van der Waals surface area contributed by atoms with Gasteiger partial charge in [0.15, 0.2) is 5.16 Å². The number of amides is 1. The third kappa shape index (κ3) is 3.21. The fourth-order valence-corrected chi connectivity index (χ4v) is 4.05. The van der Waals surface area contributed by atoms with Gasteiger partial charge in [-0.05, 0) is 31.5 Å². The van der Waals surface area contributed by atoms with Gasteiger partial charge in [0.1, 0.15) is 5.82 Å². The topological polar surface area (TPSA) is 64.0 Å². The lowest BCUT2D eigenvalue weighted by Gasteiger charge is -2.15. The maximum atomic E-state index is 13.2. The zero-order chi connectivity index (χ0) is 17.3. The van der Waals surface area contributed by atoms with E-state index in [1.54, 1.807) is 10.6 Å². The number of hydrogen-bond donors (Lipinski definition) is 1. The lowest BCUT2D eigenvalue weighted by molar-refractivity contribution is -0.116. The first-order valence-electron chi connectivity index (χ1n) is 7.79. The van der Waals surface area contributed by atoms with Crippen molar-refractivity contribution in [1.82, 2.24) is 9.55 Å². The molecule has 1 unspecified atom stereocenters. The number of benzene rings is 1. The van der Waals surface area contributed by atoms with Gasteiger partial charge in [0, 0.05) is 29.1 Å². The molecule has 1 amide bonds. The van der Waals surface area contributed by atoms with Crippen molar-refractivity contribution in [2.75, 3.05) is 11.1 Å². The molecule has 24 heavy (non-hydrogen) atoms. The Hall–Kier alpha value is -2.15. The van der Waals surface area contributed by atoms with E-state index in [1.807, 2.05) is 13.8 Å². The standard InChI is InChI=1S/C17H18FN3O2S/c1-3-14-10(2)19-17-21(16(14)23)13(9-24-17)8-15(22)20-12-6-4-5-11(18)7-12/h4-7,13H,3,8-9H2,1-2H3,(H,20,22). The number of nitrogens with one attached hydrogen (secondary N) is 1. The number of aryl methyl sites for hydroxylation is 1. The molecule has 2 heterocycles. The minimum atomic E-state index is -0.405. The Labute approximate surface area is 143 Å². The van der Waals surface area contributed by atoms with Crippen LogP contribution in [0.15, 0.2) is 34.2 Å². The van der Waals surface area contributed by atoms with Crippen molar-refractivity contribution in [3.05, 3.63) is 51.7 Å². The number of carbonyl (C=O) groups excluding carboxylic acids is 1. The minimum Gasteiger partial charge on any atom is -0.326 e. The number of hydrogen-bond acceptors (Lipinski definition) is 4. The van der Waals surface area contributed by atoms with Gasteiger partial charge in [-0.3, -0.25) is 14.2 Å². The molecule has 126 valence electrons. The summed E-state index contributed by atoms with van der Waals surface area (Å²) in [7, 11) is 0. The quantitative estimate of drug-likeness (QED) is 0.864. The van der Waals surface area contributed by atoms with Crippen molar-refractivity contribution >= 4 is 23.4 Å². The van der Waals surface area contributed by atoms with E-state index in [9.17, 15) is 14.0 Å². The van der Waals surface area contributed by atoms with Crippen LogP contribution in [-0.4, -0.2) is 21.2 Å². The average molecular weight is 347 g/mol. The zero-order valence-electron chi connectivity index (χ0n) is 13.5. The van der Waals surface area contributed by atoms with E-state index < -0.39 is 5.82 Å². The van der Waals surface area contributed by atoms with E-state index >= 15 is 0 Å². The first-order chi connectivity index (χ1) is 11.5. The monoisotopic (exact) mass is 347 g/mol. The minimum absolute atomic E-state index is 0.0615. The Morgan fingerprint density at radius 2 is 2.29 bits per heavy atom. The summed E-state index contributed by atoms with van der Waals surface area (Å²) in [6, 6.07) is 5.52. The van der Waals surface area contributed by atoms with Crippen molar-refractivity contribution in [3.63, 3.8) is 0 Å². The molecule has 5 nitrogen and oxygen atoms in total. The average Bonchev–Trinajstić information content (AvgIpc) is 2.90. The number of fused-ring (bicyclic) bond motifs is 1. The normalized spacial score (nSPS) is 16.0. The highest BCUT2D eigenvalue weighted by Crippen LogP contribution is 2.32. The number of halogens is 1. The number of rotatable bonds is 4. The van der Waals surface area contributed by atoms with Gasteiger partial charge < -0.3 is 5.32 Å². The van der Waals surface area contributed by atoms with Gasteiger partial charge >= 0.3 is 0 Å². The van der Waals surface area contributed by atoms with Gasteiger partial charge in [0.25, 0.3) is 5.56 Å². The Morgan fingerprint density at radius 1 is 1.50 bits per heavy atom. The van der Waals surface area contributed by atoms with Crippen molar-refractivity contribution in [3.8, 4) is 0 Å². The fraction of sp³-hybridized carbons (Fsp3) is 0.353. The van der Waals surface area contributed by atoms with Crippen LogP contribution in [0.1, 0.15) is 30.6 Å². The number of thioether (sulfide) groups is 1. The van der Waals surface area contributed by atoms with E-state index in [1.165, 1.54) is 30.0 Å². The van der Waals surface area contributed by atoms with Crippen molar-refractivity contribution in [2.45, 2.75) is 37.9 Å². The lowest BCUT2D eigenvalue weighted by Crippen LogP contribution is -2.30. The predicted molar refractivity (Wildman–Crippen MR) is 92.0 cm³/mol. The molecular weight excluding hydrogens is 329 g/mol. The summed E-state index contributed by atoms with van der Waals surface area (Å²) in [4.78, 5) is 29.4. The summed E-state index contributed by atoms with van der Waals surface area (Å²) in [5, 5.41) is 3.34. The Balaban J connectivity index is 1.79. The molecule has 1 aromatic carbocycles. The van der Waals surface area contributed by atoms with Crippen LogP contribution in [0.5, 0.6) is 0 Å². The molecule has 0 fully saturated rings. The second-order valence-electron chi connectivity index (χ2n) is 5.71. The molecule has 0 spiro atoms. The second kappa shape index (κ2) is 6.76. The molecule has 0 bridgehead atoms. The van der Waals surface area contributed by atoms with Crippen molar-refractivity contribution < 1.29 is 9.18 Å². The second-order valence-corrected chi connectivity index (χ2v) is 6.70. The molecule has 0 saturated heterocycles. The predicted octanol–water partition coefficient (Wildman–Crippen LogP) is 2.93. The summed E-state index contributed by atoms with van der Waals surface area (Å²) < 4.78 is 14.8. The lowest BCUT2D eigenvalue weighted by atomic mass is 10.1. The SMILES string of the molecule is CCc1c(C)nc2n(c1=O)C(CC(=O)Nc1cccc(F)c1)CS2. The van der Waals surface area contributed by atoms with E-state index in [-0.39, 0.29) is 23.9 Å². The number of nitrogens with zero attached hydrogens (tertiary/aromatic N) is 2. The molecule has 0 aliphatic carbocycles. The molecule has 1 aliphatic heterocycles. The third-order valence-electron chi connectivity index (χ3n) is 4.04. The van der Waals surface area contributed by atoms with Crippen LogP contribution in [0, 0.1) is 12.7 Å². The number of carbonyl (C=O) groups is 1. The molecule has 3 rings (SSSR count). The van der Waals surface area contributed by atoms with Crippen LogP contribution in [0.25, 0.3) is 0 Å². The van der Waals surface area contributed by atoms with Crippen LogP contribution >= 0.6 is 11.8 Å². The van der Waals surface area contributed by atoms with Crippen LogP contribution in [0.2, 0.25) is 0 Å². The van der Waals surface area contributed by atoms with Gasteiger partial charge in [0.05, 0.1) is 6.04 Å². The number of aromatic nitrogens is 2. The Morgan fingerprint density at radius 3 is 3.00 bits per heavy atom. The van der Waals surface area contributed by atoms with Crippen molar-refractivity contribution in [2.24, 2.45) is 0 Å². The number of anilines is 1. The zero-order valence-corrected chi connectivity index (χ0v) is 14.3. The van der Waals surface area contributed by atoms with Gasteiger partial charge in [0.2, 0.25) is 5.91 Å². The van der Waals surface area contributed by atoms with Crippen LogP contribution in [0.3, 0.4) is 0 Å². The summed E-state index contributed by atoms with van der Waals surface area (Å²) in [5.74, 6) is -0.0200. The molecular formula is C17H18FN3O2S. The molecule has 1 aliphatic rings.